The smallest absolute Gasteiger partial charge is 0.270 e. The van der Waals surface area contributed by atoms with Crippen molar-refractivity contribution in [2.45, 2.75) is 6.92 Å². The predicted octanol–water partition coefficient (Wildman–Crippen LogP) is 2.26. The van der Waals surface area contributed by atoms with Crippen molar-refractivity contribution >= 4 is 5.69 Å². The van der Waals surface area contributed by atoms with E-state index in [0.29, 0.717) is 11.1 Å². The number of nitro groups is 1. The van der Waals surface area contributed by atoms with Gasteiger partial charge in [0.05, 0.1) is 4.92 Å². The molecule has 1 N–H and O–H groups in total. The van der Waals surface area contributed by atoms with Crippen LogP contribution in [0.1, 0.15) is 5.56 Å². The lowest BCUT2D eigenvalue weighted by molar-refractivity contribution is -0.384. The van der Waals surface area contributed by atoms with Crippen molar-refractivity contribution in [3.63, 3.8) is 0 Å². The number of H-pyrrole nitrogens is 1. The van der Waals surface area contributed by atoms with Crippen LogP contribution in [0.4, 0.5) is 5.69 Å². The molecular weight excluding hydrogens is 220 g/mol. The van der Waals surface area contributed by atoms with Crippen LogP contribution in [0, 0.1) is 17.0 Å². The van der Waals surface area contributed by atoms with Gasteiger partial charge in [-0.25, -0.2) is 0 Å². The fourth-order valence-corrected chi connectivity index (χ4v) is 1.56. The lowest BCUT2D eigenvalue weighted by atomic mass is 10.1. The predicted molar refractivity (Wildman–Crippen MR) is 63.9 cm³/mol. The molecule has 5 nitrogen and oxygen atoms in total. The molecule has 0 aliphatic heterocycles. The standard InChI is InChI=1S/C12H10N2O3/c1-8-5-10(7-13-12(8)15)9-3-2-4-11(6-9)14(16)17/h2-7H,1H3,(H,13,15). The fourth-order valence-electron chi connectivity index (χ4n) is 1.56. The Balaban J connectivity index is 2.52. The molecule has 17 heavy (non-hydrogen) atoms. The number of nitro benzene ring substituents is 1. The van der Waals surface area contributed by atoms with Crippen LogP contribution in [0.3, 0.4) is 0 Å². The average molecular weight is 230 g/mol. The second kappa shape index (κ2) is 4.21. The maximum Gasteiger partial charge on any atom is 0.270 e. The number of pyridine rings is 1. The quantitative estimate of drug-likeness (QED) is 0.635. The minimum atomic E-state index is -0.442. The van der Waals surface area contributed by atoms with Crippen molar-refractivity contribution < 1.29 is 4.92 Å². The summed E-state index contributed by atoms with van der Waals surface area (Å²) in [5.74, 6) is 0. The van der Waals surface area contributed by atoms with Crippen molar-refractivity contribution in [2.24, 2.45) is 0 Å². The molecule has 0 bridgehead atoms. The van der Waals surface area contributed by atoms with E-state index in [0.717, 1.165) is 5.56 Å². The van der Waals surface area contributed by atoms with Gasteiger partial charge >= 0.3 is 0 Å². The molecule has 0 saturated heterocycles. The first-order valence-corrected chi connectivity index (χ1v) is 5.02. The summed E-state index contributed by atoms with van der Waals surface area (Å²) in [5.41, 5.74) is 1.92. The third kappa shape index (κ3) is 2.23. The molecular formula is C12H10N2O3. The Labute approximate surface area is 96.9 Å². The summed E-state index contributed by atoms with van der Waals surface area (Å²) in [6.07, 6.45) is 1.55. The van der Waals surface area contributed by atoms with Crippen LogP contribution < -0.4 is 5.56 Å². The van der Waals surface area contributed by atoms with Gasteiger partial charge in [0.25, 0.3) is 11.2 Å². The number of hydrogen-bond acceptors (Lipinski definition) is 3. The Bertz CT molecular complexity index is 632. The van der Waals surface area contributed by atoms with E-state index in [4.69, 9.17) is 0 Å². The SMILES string of the molecule is Cc1cc(-c2cccc([N+](=O)[O-])c2)c[nH]c1=O. The number of nitrogens with zero attached hydrogens (tertiary/aromatic N) is 1. The molecule has 1 aromatic heterocycles. The number of aromatic nitrogens is 1. The van der Waals surface area contributed by atoms with Gasteiger partial charge in [0.2, 0.25) is 0 Å². The van der Waals surface area contributed by atoms with Crippen LogP contribution in [0.2, 0.25) is 0 Å². The number of hydrogen-bond donors (Lipinski definition) is 1. The third-order valence-corrected chi connectivity index (χ3v) is 2.48. The highest BCUT2D eigenvalue weighted by Crippen LogP contribution is 2.22. The van der Waals surface area contributed by atoms with Crippen molar-refractivity contribution in [3.05, 3.63) is 62.6 Å². The number of aryl methyl sites for hydroxylation is 1. The molecule has 0 atom stereocenters. The van der Waals surface area contributed by atoms with Gasteiger partial charge in [-0.05, 0) is 24.1 Å². The van der Waals surface area contributed by atoms with Gasteiger partial charge in [0.15, 0.2) is 0 Å². The second-order valence-corrected chi connectivity index (χ2v) is 3.71. The monoisotopic (exact) mass is 230 g/mol. The van der Waals surface area contributed by atoms with E-state index < -0.39 is 4.92 Å². The van der Waals surface area contributed by atoms with Crippen LogP contribution in [0.25, 0.3) is 11.1 Å². The van der Waals surface area contributed by atoms with E-state index in [-0.39, 0.29) is 11.2 Å². The molecule has 0 unspecified atom stereocenters. The van der Waals surface area contributed by atoms with Crippen LogP contribution in [-0.4, -0.2) is 9.91 Å². The van der Waals surface area contributed by atoms with Gasteiger partial charge in [0.1, 0.15) is 0 Å². The molecule has 0 aliphatic rings. The van der Waals surface area contributed by atoms with E-state index in [1.807, 2.05) is 0 Å². The first-order chi connectivity index (χ1) is 8.08. The Morgan fingerprint density at radius 1 is 1.24 bits per heavy atom. The zero-order chi connectivity index (χ0) is 12.4. The van der Waals surface area contributed by atoms with Gasteiger partial charge in [-0.3, -0.25) is 14.9 Å². The molecule has 0 radical (unpaired) electrons. The highest BCUT2D eigenvalue weighted by atomic mass is 16.6. The largest absolute Gasteiger partial charge is 0.328 e. The van der Waals surface area contributed by atoms with E-state index in [1.54, 1.807) is 31.3 Å². The summed E-state index contributed by atoms with van der Waals surface area (Å²) in [6, 6.07) is 8.00. The number of aromatic amines is 1. The lowest BCUT2D eigenvalue weighted by Crippen LogP contribution is -2.07. The normalized spacial score (nSPS) is 10.2. The topological polar surface area (TPSA) is 76.0 Å². The molecule has 86 valence electrons. The molecule has 0 fully saturated rings. The first kappa shape index (κ1) is 11.1. The first-order valence-electron chi connectivity index (χ1n) is 5.02. The number of benzene rings is 1. The zero-order valence-corrected chi connectivity index (χ0v) is 9.14. The average Bonchev–Trinajstić information content (AvgIpc) is 2.33. The Kier molecular flexibility index (Phi) is 2.74. The number of rotatable bonds is 2. The second-order valence-electron chi connectivity index (χ2n) is 3.71. The molecule has 0 saturated carbocycles. The van der Waals surface area contributed by atoms with Crippen molar-refractivity contribution in [2.75, 3.05) is 0 Å². The lowest BCUT2D eigenvalue weighted by Gasteiger charge is -2.02. The maximum atomic E-state index is 11.2. The van der Waals surface area contributed by atoms with Gasteiger partial charge in [-0.2, -0.15) is 0 Å². The molecule has 0 aliphatic carbocycles. The summed E-state index contributed by atoms with van der Waals surface area (Å²) in [5, 5.41) is 10.7. The highest BCUT2D eigenvalue weighted by Gasteiger charge is 2.07. The minimum absolute atomic E-state index is 0.0337. The summed E-state index contributed by atoms with van der Waals surface area (Å²) >= 11 is 0. The van der Waals surface area contributed by atoms with Gasteiger partial charge in [0, 0.05) is 23.9 Å². The van der Waals surface area contributed by atoms with Gasteiger partial charge < -0.3 is 4.98 Å². The number of nitrogens with one attached hydrogen (secondary N) is 1. The molecule has 0 amide bonds. The molecule has 1 aromatic carbocycles. The van der Waals surface area contributed by atoms with Crippen molar-refractivity contribution in [3.8, 4) is 11.1 Å². The van der Waals surface area contributed by atoms with E-state index in [1.165, 1.54) is 12.1 Å². The van der Waals surface area contributed by atoms with Gasteiger partial charge in [-0.15, -0.1) is 0 Å². The summed E-state index contributed by atoms with van der Waals surface area (Å²) in [7, 11) is 0. The van der Waals surface area contributed by atoms with E-state index in [2.05, 4.69) is 4.98 Å². The maximum absolute atomic E-state index is 11.2. The molecule has 0 spiro atoms. The van der Waals surface area contributed by atoms with E-state index >= 15 is 0 Å². The number of non-ortho nitro benzene ring substituents is 1. The zero-order valence-electron chi connectivity index (χ0n) is 9.14. The van der Waals surface area contributed by atoms with Crippen molar-refractivity contribution in [1.29, 1.82) is 0 Å². The fraction of sp³-hybridized carbons (Fsp3) is 0.0833. The van der Waals surface area contributed by atoms with Crippen LogP contribution >= 0.6 is 0 Å². The van der Waals surface area contributed by atoms with Gasteiger partial charge in [-0.1, -0.05) is 12.1 Å². The molecule has 5 heteroatoms. The van der Waals surface area contributed by atoms with Crippen LogP contribution in [0.5, 0.6) is 0 Å². The molecule has 2 rings (SSSR count). The molecule has 2 aromatic rings. The highest BCUT2D eigenvalue weighted by molar-refractivity contribution is 5.65. The third-order valence-electron chi connectivity index (χ3n) is 2.48. The Morgan fingerprint density at radius 2 is 2.00 bits per heavy atom. The minimum Gasteiger partial charge on any atom is -0.328 e. The summed E-state index contributed by atoms with van der Waals surface area (Å²) in [6.45, 7) is 1.69. The Hall–Kier alpha value is -2.43. The Morgan fingerprint density at radius 3 is 2.65 bits per heavy atom. The summed E-state index contributed by atoms with van der Waals surface area (Å²) < 4.78 is 0. The van der Waals surface area contributed by atoms with Crippen molar-refractivity contribution in [1.82, 2.24) is 4.98 Å². The summed E-state index contributed by atoms with van der Waals surface area (Å²) in [4.78, 5) is 24.0. The molecule has 1 heterocycles. The van der Waals surface area contributed by atoms with Crippen LogP contribution in [-0.2, 0) is 0 Å². The van der Waals surface area contributed by atoms with Crippen LogP contribution in [0.15, 0.2) is 41.3 Å². The van der Waals surface area contributed by atoms with E-state index in [9.17, 15) is 14.9 Å².